The first-order valence-electron chi connectivity index (χ1n) is 10.7. The Morgan fingerprint density at radius 1 is 0.767 bits per heavy atom. The molecular weight excluding hydrogens is 368 g/mol. The molecule has 2 aromatic rings. The second kappa shape index (κ2) is 11.0. The van der Waals surface area contributed by atoms with Crippen molar-refractivity contribution in [3.63, 3.8) is 0 Å². The van der Waals surface area contributed by atoms with Gasteiger partial charge in [-0.25, -0.2) is 0 Å². The minimum atomic E-state index is 0.125. The van der Waals surface area contributed by atoms with E-state index in [0.717, 1.165) is 30.5 Å². The molecule has 164 valence electrons. The van der Waals surface area contributed by atoms with E-state index >= 15 is 0 Å². The molecule has 2 aromatic carbocycles. The highest BCUT2D eigenvalue weighted by Crippen LogP contribution is 2.22. The Morgan fingerprint density at radius 3 is 1.50 bits per heavy atom. The van der Waals surface area contributed by atoms with Crippen LogP contribution in [0, 0.1) is 5.41 Å². The Labute approximate surface area is 183 Å². The average molecular weight is 409 g/mol. The number of nitrogen functional groups attached to an aromatic ring is 1. The van der Waals surface area contributed by atoms with Crippen molar-refractivity contribution in [3.05, 3.63) is 70.8 Å². The van der Waals surface area contributed by atoms with Crippen LogP contribution in [0.1, 0.15) is 83.6 Å². The van der Waals surface area contributed by atoms with E-state index in [0.29, 0.717) is 5.84 Å². The van der Waals surface area contributed by atoms with Gasteiger partial charge in [-0.15, -0.1) is 0 Å². The summed E-state index contributed by atoms with van der Waals surface area (Å²) in [6, 6.07) is 16.2. The molecule has 0 aliphatic heterocycles. The predicted octanol–water partition coefficient (Wildman–Crippen LogP) is 5.76. The molecule has 5 N–H and O–H groups in total. The maximum atomic E-state index is 7.24. The molecule has 0 unspecified atom stereocenters. The van der Waals surface area contributed by atoms with Gasteiger partial charge < -0.3 is 11.5 Å². The standard InChI is InChI=1S/C15H24N2.C11H16N2/c1-5-6-11-17-14(16)12-7-9-13(10-8-12)15(2,3)4;1-11(2,3)9-6-4-8(5-7-9)10(12)13/h7-10H,5-6,11H2,1-4H3,(H2,16,17);4-7H,1-3H3,(H3,12,13). The van der Waals surface area contributed by atoms with Crippen LogP contribution in [-0.4, -0.2) is 18.2 Å². The Kier molecular flexibility index (Phi) is 9.28. The maximum Gasteiger partial charge on any atom is 0.125 e. The van der Waals surface area contributed by atoms with Crippen molar-refractivity contribution in [2.45, 2.75) is 72.1 Å². The normalized spacial score (nSPS) is 12.2. The van der Waals surface area contributed by atoms with Crippen LogP contribution in [0.25, 0.3) is 0 Å². The molecule has 0 heterocycles. The molecule has 0 saturated heterocycles. The number of nitrogens with zero attached hydrogens (tertiary/aromatic N) is 1. The fraction of sp³-hybridized carbons (Fsp3) is 0.462. The van der Waals surface area contributed by atoms with Gasteiger partial charge in [0.05, 0.1) is 0 Å². The van der Waals surface area contributed by atoms with Crippen LogP contribution in [0.5, 0.6) is 0 Å². The molecule has 0 atom stereocenters. The van der Waals surface area contributed by atoms with Gasteiger partial charge in [0, 0.05) is 17.7 Å². The lowest BCUT2D eigenvalue weighted by molar-refractivity contribution is 0.590. The smallest absolute Gasteiger partial charge is 0.125 e. The lowest BCUT2D eigenvalue weighted by Crippen LogP contribution is -2.15. The van der Waals surface area contributed by atoms with Gasteiger partial charge in [0.25, 0.3) is 0 Å². The number of hydrogen-bond acceptors (Lipinski definition) is 2. The second-order valence-electron chi connectivity index (χ2n) is 9.69. The molecule has 0 radical (unpaired) electrons. The van der Waals surface area contributed by atoms with Crippen LogP contribution in [-0.2, 0) is 10.8 Å². The summed E-state index contributed by atoms with van der Waals surface area (Å²) in [4.78, 5) is 4.37. The van der Waals surface area contributed by atoms with E-state index in [-0.39, 0.29) is 16.7 Å². The monoisotopic (exact) mass is 408 g/mol. The maximum absolute atomic E-state index is 7.24. The minimum Gasteiger partial charge on any atom is -0.384 e. The zero-order valence-corrected chi connectivity index (χ0v) is 19.8. The molecule has 0 bridgehead atoms. The molecule has 4 nitrogen and oxygen atoms in total. The summed E-state index contributed by atoms with van der Waals surface area (Å²) in [6.45, 7) is 16.1. The van der Waals surface area contributed by atoms with Crippen molar-refractivity contribution in [3.8, 4) is 0 Å². The van der Waals surface area contributed by atoms with Crippen molar-refractivity contribution in [2.75, 3.05) is 6.54 Å². The first kappa shape index (κ1) is 25.4. The number of rotatable bonds is 5. The van der Waals surface area contributed by atoms with Crippen molar-refractivity contribution >= 4 is 11.7 Å². The molecule has 0 amide bonds. The zero-order chi connectivity index (χ0) is 22.9. The second-order valence-corrected chi connectivity index (χ2v) is 9.69. The van der Waals surface area contributed by atoms with Crippen LogP contribution >= 0.6 is 0 Å². The summed E-state index contributed by atoms with van der Waals surface area (Å²) >= 11 is 0. The van der Waals surface area contributed by atoms with E-state index < -0.39 is 0 Å². The first-order chi connectivity index (χ1) is 13.9. The number of unbranched alkanes of at least 4 members (excludes halogenated alkanes) is 1. The number of nitrogens with one attached hydrogen (secondary N) is 1. The van der Waals surface area contributed by atoms with Gasteiger partial charge >= 0.3 is 0 Å². The Morgan fingerprint density at radius 2 is 1.17 bits per heavy atom. The molecular formula is C26H40N4. The van der Waals surface area contributed by atoms with Crippen molar-refractivity contribution < 1.29 is 0 Å². The Bertz CT molecular complexity index is 817. The number of aliphatic imine (C=N–C) groups is 1. The summed E-state index contributed by atoms with van der Waals surface area (Å²) in [5.74, 6) is 0.777. The highest BCUT2D eigenvalue weighted by atomic mass is 14.8. The van der Waals surface area contributed by atoms with Gasteiger partial charge in [0.15, 0.2) is 0 Å². The van der Waals surface area contributed by atoms with Gasteiger partial charge in [-0.3, -0.25) is 10.4 Å². The summed E-state index contributed by atoms with van der Waals surface area (Å²) in [5, 5.41) is 7.24. The average Bonchev–Trinajstić information content (AvgIpc) is 2.67. The fourth-order valence-corrected chi connectivity index (χ4v) is 2.74. The molecule has 0 aliphatic carbocycles. The first-order valence-corrected chi connectivity index (χ1v) is 10.7. The van der Waals surface area contributed by atoms with Crippen molar-refractivity contribution in [1.29, 1.82) is 5.41 Å². The van der Waals surface area contributed by atoms with E-state index in [1.807, 2.05) is 24.3 Å². The quantitative estimate of drug-likeness (QED) is 0.334. The van der Waals surface area contributed by atoms with Gasteiger partial charge in [0.2, 0.25) is 0 Å². The molecule has 2 rings (SSSR count). The number of nitrogens with two attached hydrogens (primary N) is 2. The predicted molar refractivity (Wildman–Crippen MR) is 132 cm³/mol. The van der Waals surface area contributed by atoms with Crippen LogP contribution in [0.4, 0.5) is 0 Å². The van der Waals surface area contributed by atoms with Crippen LogP contribution in [0.2, 0.25) is 0 Å². The molecule has 30 heavy (non-hydrogen) atoms. The fourth-order valence-electron chi connectivity index (χ4n) is 2.74. The van der Waals surface area contributed by atoms with Gasteiger partial charge in [-0.2, -0.15) is 0 Å². The third kappa shape index (κ3) is 8.40. The van der Waals surface area contributed by atoms with Crippen LogP contribution in [0.3, 0.4) is 0 Å². The summed E-state index contributed by atoms with van der Waals surface area (Å²) < 4.78 is 0. The van der Waals surface area contributed by atoms with E-state index in [2.05, 4.69) is 77.7 Å². The lowest BCUT2D eigenvalue weighted by Gasteiger charge is -2.19. The highest BCUT2D eigenvalue weighted by Gasteiger charge is 2.13. The lowest BCUT2D eigenvalue weighted by atomic mass is 9.86. The van der Waals surface area contributed by atoms with Gasteiger partial charge in [-0.1, -0.05) is 103 Å². The third-order valence-electron chi connectivity index (χ3n) is 4.90. The molecule has 0 aromatic heterocycles. The van der Waals surface area contributed by atoms with E-state index in [1.54, 1.807) is 0 Å². The van der Waals surface area contributed by atoms with Gasteiger partial charge in [-0.05, 0) is 28.4 Å². The summed E-state index contributed by atoms with van der Waals surface area (Å²) in [7, 11) is 0. The van der Waals surface area contributed by atoms with E-state index in [9.17, 15) is 0 Å². The Hall–Kier alpha value is -2.62. The van der Waals surface area contributed by atoms with Gasteiger partial charge in [0.1, 0.15) is 11.7 Å². The van der Waals surface area contributed by atoms with Crippen LogP contribution < -0.4 is 11.5 Å². The summed E-state index contributed by atoms with van der Waals surface area (Å²) in [6.07, 6.45) is 2.25. The summed E-state index contributed by atoms with van der Waals surface area (Å²) in [5.41, 5.74) is 16.0. The number of amidine groups is 2. The van der Waals surface area contributed by atoms with Crippen molar-refractivity contribution in [1.82, 2.24) is 0 Å². The van der Waals surface area contributed by atoms with Crippen molar-refractivity contribution in [2.24, 2.45) is 16.5 Å². The molecule has 0 aliphatic rings. The Balaban J connectivity index is 0.000000311. The largest absolute Gasteiger partial charge is 0.384 e. The highest BCUT2D eigenvalue weighted by molar-refractivity contribution is 5.97. The third-order valence-corrected chi connectivity index (χ3v) is 4.90. The van der Waals surface area contributed by atoms with Crippen LogP contribution in [0.15, 0.2) is 53.5 Å². The topological polar surface area (TPSA) is 88.2 Å². The van der Waals surface area contributed by atoms with E-state index in [1.165, 1.54) is 11.1 Å². The zero-order valence-electron chi connectivity index (χ0n) is 19.8. The molecule has 0 spiro atoms. The van der Waals surface area contributed by atoms with E-state index in [4.69, 9.17) is 16.9 Å². The molecule has 4 heteroatoms. The number of hydrogen-bond donors (Lipinski definition) is 3. The molecule has 0 saturated carbocycles. The molecule has 0 fully saturated rings. The number of benzene rings is 2. The minimum absolute atomic E-state index is 0.125. The SMILES string of the molecule is CC(C)(C)c1ccc(C(=N)N)cc1.CCCCN=C(N)c1ccc(C(C)(C)C)cc1.